The summed E-state index contributed by atoms with van der Waals surface area (Å²) in [5.74, 6) is 0.0163. The highest BCUT2D eigenvalue weighted by molar-refractivity contribution is 7.20. The van der Waals surface area contributed by atoms with Gasteiger partial charge in [-0.3, -0.25) is 14.4 Å². The van der Waals surface area contributed by atoms with Crippen molar-refractivity contribution in [2.45, 2.75) is 13.3 Å². The number of nitrogens with one attached hydrogen (secondary N) is 1. The number of rotatable bonds is 5. The van der Waals surface area contributed by atoms with Crippen LogP contribution >= 0.6 is 11.3 Å². The van der Waals surface area contributed by atoms with Gasteiger partial charge in [-0.15, -0.1) is 11.3 Å². The van der Waals surface area contributed by atoms with Gasteiger partial charge in [0.2, 0.25) is 0 Å². The number of morpholine rings is 1. The van der Waals surface area contributed by atoms with Crippen LogP contribution in [0.2, 0.25) is 0 Å². The molecule has 120 valence electrons. The number of thiophene rings is 1. The fraction of sp³-hybridized carbons (Fsp3) is 0.600. The monoisotopic (exact) mass is 322 g/mol. The van der Waals surface area contributed by atoms with E-state index in [4.69, 9.17) is 4.74 Å². The van der Waals surface area contributed by atoms with Gasteiger partial charge in [-0.2, -0.15) is 5.10 Å². The van der Waals surface area contributed by atoms with Crippen LogP contribution in [0.5, 0.6) is 0 Å². The van der Waals surface area contributed by atoms with Gasteiger partial charge in [-0.1, -0.05) is 0 Å². The Labute approximate surface area is 134 Å². The Hall–Kier alpha value is -1.44. The quantitative estimate of drug-likeness (QED) is 0.845. The number of hydrogen-bond donors (Lipinski definition) is 1. The molecule has 0 saturated carbocycles. The van der Waals surface area contributed by atoms with Gasteiger partial charge in [0.15, 0.2) is 0 Å². The van der Waals surface area contributed by atoms with Gasteiger partial charge >= 0.3 is 0 Å². The third-order valence-corrected chi connectivity index (χ3v) is 5.16. The van der Waals surface area contributed by atoms with E-state index in [-0.39, 0.29) is 5.91 Å². The number of fused-ring (bicyclic) bond motifs is 1. The lowest BCUT2D eigenvalue weighted by Crippen LogP contribution is -2.38. The van der Waals surface area contributed by atoms with Crippen molar-refractivity contribution in [2.75, 3.05) is 39.4 Å². The van der Waals surface area contributed by atoms with Crippen molar-refractivity contribution in [1.29, 1.82) is 0 Å². The van der Waals surface area contributed by atoms with E-state index in [9.17, 15) is 4.79 Å². The van der Waals surface area contributed by atoms with Crippen molar-refractivity contribution < 1.29 is 9.53 Å². The Morgan fingerprint density at radius 2 is 2.23 bits per heavy atom. The molecule has 1 saturated heterocycles. The first kappa shape index (κ1) is 15.5. The average Bonchev–Trinajstić information content (AvgIpc) is 3.07. The fourth-order valence-corrected chi connectivity index (χ4v) is 3.77. The van der Waals surface area contributed by atoms with E-state index in [1.807, 2.05) is 24.7 Å². The van der Waals surface area contributed by atoms with E-state index in [0.717, 1.165) is 60.1 Å². The molecular formula is C15H22N4O2S. The molecule has 0 aliphatic carbocycles. The molecule has 0 spiro atoms. The van der Waals surface area contributed by atoms with Gasteiger partial charge in [0.25, 0.3) is 5.91 Å². The van der Waals surface area contributed by atoms with Crippen molar-refractivity contribution in [1.82, 2.24) is 20.0 Å². The van der Waals surface area contributed by atoms with Gasteiger partial charge in [-0.25, -0.2) is 0 Å². The Morgan fingerprint density at radius 1 is 1.45 bits per heavy atom. The molecule has 0 unspecified atom stereocenters. The number of hydrogen-bond acceptors (Lipinski definition) is 5. The zero-order chi connectivity index (χ0) is 15.5. The summed E-state index contributed by atoms with van der Waals surface area (Å²) >= 11 is 1.50. The molecule has 0 aromatic carbocycles. The highest BCUT2D eigenvalue weighted by atomic mass is 32.1. The molecule has 2 aromatic rings. The van der Waals surface area contributed by atoms with Crippen LogP contribution in [-0.2, 0) is 11.8 Å². The number of amides is 1. The fourth-order valence-electron chi connectivity index (χ4n) is 2.73. The summed E-state index contributed by atoms with van der Waals surface area (Å²) < 4.78 is 7.16. The zero-order valence-corrected chi connectivity index (χ0v) is 13.9. The van der Waals surface area contributed by atoms with Crippen LogP contribution in [0.15, 0.2) is 6.07 Å². The standard InChI is InChI=1S/C15H22N4O2S/c1-11-12-10-13(22-15(12)18(2)17-11)14(20)16-4-3-5-19-6-8-21-9-7-19/h10H,3-9H2,1-2H3,(H,16,20). The summed E-state index contributed by atoms with van der Waals surface area (Å²) in [6, 6.07) is 1.94. The molecule has 0 atom stereocenters. The predicted molar refractivity (Wildman–Crippen MR) is 87.5 cm³/mol. The lowest BCUT2D eigenvalue weighted by atomic mass is 10.3. The molecule has 3 rings (SSSR count). The highest BCUT2D eigenvalue weighted by Gasteiger charge is 2.15. The van der Waals surface area contributed by atoms with E-state index >= 15 is 0 Å². The van der Waals surface area contributed by atoms with Crippen LogP contribution in [0, 0.1) is 6.92 Å². The molecule has 6 nitrogen and oxygen atoms in total. The lowest BCUT2D eigenvalue weighted by Gasteiger charge is -2.26. The minimum absolute atomic E-state index is 0.0163. The molecule has 3 heterocycles. The highest BCUT2D eigenvalue weighted by Crippen LogP contribution is 2.27. The Morgan fingerprint density at radius 3 is 2.95 bits per heavy atom. The molecule has 1 amide bonds. The number of ether oxygens (including phenoxy) is 1. The van der Waals surface area contributed by atoms with Crippen LogP contribution in [0.3, 0.4) is 0 Å². The molecule has 1 aliphatic heterocycles. The molecule has 22 heavy (non-hydrogen) atoms. The molecular weight excluding hydrogens is 300 g/mol. The maximum atomic E-state index is 12.2. The van der Waals surface area contributed by atoms with Gasteiger partial charge in [0.1, 0.15) is 4.83 Å². The largest absolute Gasteiger partial charge is 0.379 e. The molecule has 2 aromatic heterocycles. The summed E-state index contributed by atoms with van der Waals surface area (Å²) in [6.07, 6.45) is 0.969. The van der Waals surface area contributed by atoms with Crippen molar-refractivity contribution in [3.05, 3.63) is 16.6 Å². The lowest BCUT2D eigenvalue weighted by molar-refractivity contribution is 0.0374. The number of aryl methyl sites for hydroxylation is 2. The molecule has 0 radical (unpaired) electrons. The van der Waals surface area contributed by atoms with Gasteiger partial charge in [0.05, 0.1) is 23.8 Å². The van der Waals surface area contributed by atoms with Crippen LogP contribution in [-0.4, -0.2) is 60.0 Å². The Kier molecular flexibility index (Phi) is 4.75. The second-order valence-electron chi connectivity index (χ2n) is 5.60. The van der Waals surface area contributed by atoms with Crippen molar-refractivity contribution in [2.24, 2.45) is 7.05 Å². The molecule has 1 fully saturated rings. The van der Waals surface area contributed by atoms with Crippen LogP contribution in [0.4, 0.5) is 0 Å². The number of aromatic nitrogens is 2. The first-order valence-electron chi connectivity index (χ1n) is 7.66. The summed E-state index contributed by atoms with van der Waals surface area (Å²) in [6.45, 7) is 7.33. The Bertz CT molecular complexity index is 623. The third-order valence-electron chi connectivity index (χ3n) is 3.96. The van der Waals surface area contributed by atoms with Gasteiger partial charge < -0.3 is 10.1 Å². The number of carbonyl (C=O) groups is 1. The second kappa shape index (κ2) is 6.76. The normalized spacial score (nSPS) is 16.3. The average molecular weight is 322 g/mol. The maximum absolute atomic E-state index is 12.2. The maximum Gasteiger partial charge on any atom is 0.261 e. The SMILES string of the molecule is Cc1nn(C)c2sc(C(=O)NCCCN3CCOCC3)cc12. The van der Waals surface area contributed by atoms with E-state index in [0.29, 0.717) is 6.54 Å². The van der Waals surface area contributed by atoms with Crippen LogP contribution in [0.1, 0.15) is 21.8 Å². The molecule has 7 heteroatoms. The molecule has 0 bridgehead atoms. The summed E-state index contributed by atoms with van der Waals surface area (Å²) in [4.78, 5) is 16.4. The first-order valence-corrected chi connectivity index (χ1v) is 8.48. The van der Waals surface area contributed by atoms with E-state index in [1.165, 1.54) is 11.3 Å². The first-order chi connectivity index (χ1) is 10.6. The van der Waals surface area contributed by atoms with Crippen molar-refractivity contribution in [3.8, 4) is 0 Å². The topological polar surface area (TPSA) is 59.4 Å². The van der Waals surface area contributed by atoms with E-state index < -0.39 is 0 Å². The van der Waals surface area contributed by atoms with Gasteiger partial charge in [-0.05, 0) is 26.0 Å². The van der Waals surface area contributed by atoms with Crippen molar-refractivity contribution >= 4 is 27.5 Å². The van der Waals surface area contributed by atoms with Crippen LogP contribution in [0.25, 0.3) is 10.2 Å². The number of nitrogens with zero attached hydrogens (tertiary/aromatic N) is 3. The minimum atomic E-state index is 0.0163. The minimum Gasteiger partial charge on any atom is -0.379 e. The molecule has 1 N–H and O–H groups in total. The zero-order valence-electron chi connectivity index (χ0n) is 13.1. The summed E-state index contributed by atoms with van der Waals surface area (Å²) in [7, 11) is 1.91. The third kappa shape index (κ3) is 3.31. The van der Waals surface area contributed by atoms with E-state index in [1.54, 1.807) is 0 Å². The van der Waals surface area contributed by atoms with Crippen LogP contribution < -0.4 is 5.32 Å². The number of carbonyl (C=O) groups excluding carboxylic acids is 1. The van der Waals surface area contributed by atoms with E-state index in [2.05, 4.69) is 15.3 Å². The predicted octanol–water partition coefficient (Wildman–Crippen LogP) is 1.40. The summed E-state index contributed by atoms with van der Waals surface area (Å²) in [5.41, 5.74) is 0.972. The van der Waals surface area contributed by atoms with Crippen molar-refractivity contribution in [3.63, 3.8) is 0 Å². The smallest absolute Gasteiger partial charge is 0.261 e. The summed E-state index contributed by atoms with van der Waals surface area (Å²) in [5, 5.41) is 8.44. The molecule has 1 aliphatic rings. The second-order valence-corrected chi connectivity index (χ2v) is 6.63. The van der Waals surface area contributed by atoms with Gasteiger partial charge in [0, 0.05) is 32.1 Å². The Balaban J connectivity index is 1.49.